The molecule has 170 valence electrons. The molecule has 0 bridgehead atoms. The number of nitrogens with zero attached hydrogens (tertiary/aromatic N) is 1. The topological polar surface area (TPSA) is 73.3 Å². The molecule has 0 amide bonds. The van der Waals surface area contributed by atoms with Crippen molar-refractivity contribution in [2.45, 2.75) is 32.9 Å². The fourth-order valence-corrected chi connectivity index (χ4v) is 3.08. The fourth-order valence-electron chi connectivity index (χ4n) is 3.08. The van der Waals surface area contributed by atoms with Gasteiger partial charge in [-0.25, -0.2) is 4.99 Å². The minimum atomic E-state index is 0.0839. The Morgan fingerprint density at radius 3 is 2.26 bits per heavy atom. The van der Waals surface area contributed by atoms with Gasteiger partial charge in [0.15, 0.2) is 17.5 Å². The Hall–Kier alpha value is -2.93. The zero-order chi connectivity index (χ0) is 22.5. The van der Waals surface area contributed by atoms with Crippen LogP contribution in [0, 0.1) is 0 Å². The van der Waals surface area contributed by atoms with E-state index in [9.17, 15) is 0 Å². The SMILES string of the molecule is CCNC(=NCc1cc(OC)c(OC)cc1OC)NCCCOC(C)c1ccccc1. The van der Waals surface area contributed by atoms with E-state index in [0.717, 1.165) is 31.0 Å². The first-order valence-electron chi connectivity index (χ1n) is 10.6. The van der Waals surface area contributed by atoms with E-state index >= 15 is 0 Å². The summed E-state index contributed by atoms with van der Waals surface area (Å²) < 4.78 is 22.2. The summed E-state index contributed by atoms with van der Waals surface area (Å²) in [6.45, 7) is 6.77. The Bertz CT molecular complexity index is 812. The van der Waals surface area contributed by atoms with Gasteiger partial charge in [-0.05, 0) is 31.9 Å². The Balaban J connectivity index is 1.89. The van der Waals surface area contributed by atoms with Crippen LogP contribution in [0.4, 0.5) is 0 Å². The molecule has 2 rings (SSSR count). The molecular formula is C24H35N3O4. The fraction of sp³-hybridized carbons (Fsp3) is 0.458. The molecule has 2 aromatic carbocycles. The number of hydrogen-bond donors (Lipinski definition) is 2. The number of aliphatic imine (C=N–C) groups is 1. The van der Waals surface area contributed by atoms with Crippen LogP contribution >= 0.6 is 0 Å². The number of hydrogen-bond acceptors (Lipinski definition) is 5. The van der Waals surface area contributed by atoms with Gasteiger partial charge >= 0.3 is 0 Å². The predicted octanol–water partition coefficient (Wildman–Crippen LogP) is 3.94. The van der Waals surface area contributed by atoms with Gasteiger partial charge in [-0.2, -0.15) is 0 Å². The molecule has 0 spiro atoms. The van der Waals surface area contributed by atoms with Crippen LogP contribution in [-0.2, 0) is 11.3 Å². The van der Waals surface area contributed by atoms with Crippen LogP contribution in [0.2, 0.25) is 0 Å². The maximum absolute atomic E-state index is 5.93. The molecule has 0 aromatic heterocycles. The van der Waals surface area contributed by atoms with Crippen LogP contribution in [0.1, 0.15) is 37.5 Å². The Labute approximate surface area is 185 Å². The monoisotopic (exact) mass is 429 g/mol. The molecule has 0 aliphatic heterocycles. The molecule has 0 aliphatic carbocycles. The van der Waals surface area contributed by atoms with Crippen molar-refractivity contribution in [1.29, 1.82) is 0 Å². The van der Waals surface area contributed by atoms with Crippen molar-refractivity contribution in [2.24, 2.45) is 4.99 Å². The van der Waals surface area contributed by atoms with E-state index < -0.39 is 0 Å². The summed E-state index contributed by atoms with van der Waals surface area (Å²) in [5, 5.41) is 6.62. The van der Waals surface area contributed by atoms with Gasteiger partial charge in [-0.3, -0.25) is 0 Å². The van der Waals surface area contributed by atoms with Crippen LogP contribution in [-0.4, -0.2) is 47.0 Å². The van der Waals surface area contributed by atoms with Crippen molar-refractivity contribution in [2.75, 3.05) is 41.0 Å². The third kappa shape index (κ3) is 7.68. The van der Waals surface area contributed by atoms with Gasteiger partial charge in [0.05, 0.1) is 34.0 Å². The first-order chi connectivity index (χ1) is 15.1. The number of nitrogens with one attached hydrogen (secondary N) is 2. The van der Waals surface area contributed by atoms with E-state index in [4.69, 9.17) is 18.9 Å². The lowest BCUT2D eigenvalue weighted by Gasteiger charge is -2.15. The highest BCUT2D eigenvalue weighted by atomic mass is 16.5. The van der Waals surface area contributed by atoms with Gasteiger partial charge < -0.3 is 29.6 Å². The number of rotatable bonds is 12. The Kier molecular flexibility index (Phi) is 10.5. The number of methoxy groups -OCH3 is 3. The Morgan fingerprint density at radius 2 is 1.61 bits per heavy atom. The lowest BCUT2D eigenvalue weighted by Crippen LogP contribution is -2.38. The second-order valence-corrected chi connectivity index (χ2v) is 6.92. The number of guanidine groups is 1. The third-order valence-electron chi connectivity index (χ3n) is 4.79. The summed E-state index contributed by atoms with van der Waals surface area (Å²) in [6, 6.07) is 14.0. The highest BCUT2D eigenvalue weighted by molar-refractivity contribution is 5.79. The first-order valence-corrected chi connectivity index (χ1v) is 10.6. The van der Waals surface area contributed by atoms with Crippen molar-refractivity contribution < 1.29 is 18.9 Å². The van der Waals surface area contributed by atoms with E-state index in [1.54, 1.807) is 21.3 Å². The molecule has 0 aliphatic rings. The summed E-state index contributed by atoms with van der Waals surface area (Å²) >= 11 is 0. The second kappa shape index (κ2) is 13.4. The van der Waals surface area contributed by atoms with Crippen LogP contribution in [0.15, 0.2) is 47.5 Å². The largest absolute Gasteiger partial charge is 0.496 e. The van der Waals surface area contributed by atoms with E-state index in [2.05, 4.69) is 34.7 Å². The molecule has 1 unspecified atom stereocenters. The quantitative estimate of drug-likeness (QED) is 0.303. The highest BCUT2D eigenvalue weighted by Gasteiger charge is 2.12. The maximum Gasteiger partial charge on any atom is 0.191 e. The smallest absolute Gasteiger partial charge is 0.191 e. The maximum atomic E-state index is 5.93. The standard InChI is InChI=1S/C24H35N3O4/c1-6-25-24(26-13-10-14-31-18(2)19-11-8-7-9-12-19)27-17-20-15-22(29-4)23(30-5)16-21(20)28-3/h7-9,11-12,15-16,18H,6,10,13-14,17H2,1-5H3,(H2,25,26,27). The van der Waals surface area contributed by atoms with Gasteiger partial charge in [0.25, 0.3) is 0 Å². The molecule has 0 fully saturated rings. The summed E-state index contributed by atoms with van der Waals surface area (Å²) in [6.07, 6.45) is 0.960. The van der Waals surface area contributed by atoms with Crippen LogP contribution in [0.3, 0.4) is 0 Å². The number of ether oxygens (including phenoxy) is 4. The molecule has 2 N–H and O–H groups in total. The number of benzene rings is 2. The second-order valence-electron chi connectivity index (χ2n) is 6.92. The predicted molar refractivity (Wildman–Crippen MR) is 124 cm³/mol. The van der Waals surface area contributed by atoms with Crippen molar-refractivity contribution in [3.05, 3.63) is 53.6 Å². The minimum absolute atomic E-state index is 0.0839. The molecule has 31 heavy (non-hydrogen) atoms. The average molecular weight is 430 g/mol. The van der Waals surface area contributed by atoms with E-state index in [0.29, 0.717) is 30.4 Å². The Morgan fingerprint density at radius 1 is 0.935 bits per heavy atom. The van der Waals surface area contributed by atoms with Gasteiger partial charge in [-0.1, -0.05) is 30.3 Å². The van der Waals surface area contributed by atoms with Crippen LogP contribution < -0.4 is 24.8 Å². The van der Waals surface area contributed by atoms with Gasteiger partial charge in [-0.15, -0.1) is 0 Å². The summed E-state index contributed by atoms with van der Waals surface area (Å²) in [5.41, 5.74) is 2.10. The molecule has 2 aromatic rings. The molecule has 0 saturated heterocycles. The van der Waals surface area contributed by atoms with E-state index in [1.807, 2.05) is 37.3 Å². The van der Waals surface area contributed by atoms with Crippen molar-refractivity contribution in [3.63, 3.8) is 0 Å². The normalized spacial score (nSPS) is 12.2. The molecule has 0 saturated carbocycles. The molecule has 0 heterocycles. The lowest BCUT2D eigenvalue weighted by molar-refractivity contribution is 0.0646. The van der Waals surface area contributed by atoms with E-state index in [1.165, 1.54) is 5.56 Å². The van der Waals surface area contributed by atoms with Gasteiger partial charge in [0, 0.05) is 31.3 Å². The molecular weight excluding hydrogens is 394 g/mol. The highest BCUT2D eigenvalue weighted by Crippen LogP contribution is 2.34. The first kappa shape index (κ1) is 24.3. The molecule has 0 radical (unpaired) electrons. The summed E-state index contributed by atoms with van der Waals surface area (Å²) in [4.78, 5) is 4.68. The third-order valence-corrected chi connectivity index (χ3v) is 4.79. The zero-order valence-electron chi connectivity index (χ0n) is 19.2. The van der Waals surface area contributed by atoms with Crippen molar-refractivity contribution >= 4 is 5.96 Å². The van der Waals surface area contributed by atoms with Crippen molar-refractivity contribution in [3.8, 4) is 17.2 Å². The minimum Gasteiger partial charge on any atom is -0.496 e. The summed E-state index contributed by atoms with van der Waals surface area (Å²) in [7, 11) is 4.85. The molecule has 7 heteroatoms. The van der Waals surface area contributed by atoms with Gasteiger partial charge in [0.1, 0.15) is 5.75 Å². The van der Waals surface area contributed by atoms with Crippen LogP contribution in [0.25, 0.3) is 0 Å². The van der Waals surface area contributed by atoms with Crippen LogP contribution in [0.5, 0.6) is 17.2 Å². The lowest BCUT2D eigenvalue weighted by atomic mass is 10.1. The van der Waals surface area contributed by atoms with Gasteiger partial charge in [0.2, 0.25) is 0 Å². The molecule has 7 nitrogen and oxygen atoms in total. The van der Waals surface area contributed by atoms with Crippen molar-refractivity contribution in [1.82, 2.24) is 10.6 Å². The van der Waals surface area contributed by atoms with E-state index in [-0.39, 0.29) is 6.10 Å². The molecule has 1 atom stereocenters. The average Bonchev–Trinajstić information content (AvgIpc) is 2.81. The zero-order valence-corrected chi connectivity index (χ0v) is 19.2. The summed E-state index contributed by atoms with van der Waals surface area (Å²) in [5.74, 6) is 2.73.